The van der Waals surface area contributed by atoms with E-state index in [0.717, 1.165) is 22.0 Å². The fraction of sp³-hybridized carbons (Fsp3) is 0.389. The zero-order valence-electron chi connectivity index (χ0n) is 28.0. The minimum atomic E-state index is -0.911. The van der Waals surface area contributed by atoms with Crippen LogP contribution in [0, 0.1) is 0 Å². The number of unbranched alkanes of at least 4 members (excludes halogenated alkanes) is 1. The third-order valence-corrected chi connectivity index (χ3v) is 10.8. The van der Waals surface area contributed by atoms with Gasteiger partial charge in [-0.2, -0.15) is 0 Å². The van der Waals surface area contributed by atoms with Crippen molar-refractivity contribution in [3.8, 4) is 0 Å². The first-order chi connectivity index (χ1) is 24.2. The van der Waals surface area contributed by atoms with E-state index < -0.39 is 18.1 Å². The van der Waals surface area contributed by atoms with Gasteiger partial charge in [0.05, 0.1) is 11.1 Å². The summed E-state index contributed by atoms with van der Waals surface area (Å²) in [7, 11) is 1.61. The van der Waals surface area contributed by atoms with Crippen LogP contribution in [-0.4, -0.2) is 70.9 Å². The summed E-state index contributed by atoms with van der Waals surface area (Å²) >= 11 is 14.6. The van der Waals surface area contributed by atoms with Crippen molar-refractivity contribution in [2.24, 2.45) is 11.5 Å². The molecule has 14 heteroatoms. The lowest BCUT2D eigenvalue weighted by molar-refractivity contribution is -0.142. The highest BCUT2D eigenvalue weighted by molar-refractivity contribution is 7.99. The number of carbonyl (C=O) groups is 3. The number of hydrogen-bond donors (Lipinski definition) is 6. The molecular formula is C36H44Cl2N8O3S. The van der Waals surface area contributed by atoms with Gasteiger partial charge in [-0.15, -0.1) is 0 Å². The Kier molecular flexibility index (Phi) is 13.6. The molecule has 0 spiro atoms. The Hall–Kier alpha value is -3.65. The number of para-hydroxylation sites is 1. The van der Waals surface area contributed by atoms with Crippen molar-refractivity contribution in [3.63, 3.8) is 0 Å². The normalized spacial score (nSPS) is 19.4. The fourth-order valence-corrected chi connectivity index (χ4v) is 7.77. The summed E-state index contributed by atoms with van der Waals surface area (Å²) < 4.78 is 0. The molecule has 3 atom stereocenters. The number of aromatic amines is 1. The topological polar surface area (TPSA) is 171 Å². The summed E-state index contributed by atoms with van der Waals surface area (Å²) in [6.45, 7) is 1.29. The van der Waals surface area contributed by atoms with Crippen LogP contribution in [0.25, 0.3) is 10.9 Å². The van der Waals surface area contributed by atoms with Gasteiger partial charge in [-0.25, -0.2) is 4.98 Å². The van der Waals surface area contributed by atoms with Gasteiger partial charge in [-0.05, 0) is 86.1 Å². The van der Waals surface area contributed by atoms with Gasteiger partial charge in [0.15, 0.2) is 0 Å². The average molecular weight is 740 g/mol. The average Bonchev–Trinajstić information content (AvgIpc) is 3.52. The standard InChI is InChI=1S/C36H44Cl2N8O3S/c1-46-31(17-23-20-42-28-10-3-2-9-26(23)28)34(48)44-21-24-16-25(37)18-27(38)32(24)50-35-22(8-7-15-41-35)19-43-29(12-6-14-40)33(47)45-30(36(46)49)11-4-5-13-39/h2-3,7-10,15-16,18,20,29-31,42-43H,4-6,11-14,17,19,21,39-40H2,1H3,(H,44,48)(H,45,47)/t29-,30-,31-/m0/s1. The minimum absolute atomic E-state index is 0.103. The predicted octanol–water partition coefficient (Wildman–Crippen LogP) is 4.53. The van der Waals surface area contributed by atoms with Crippen LogP contribution in [0.4, 0.5) is 0 Å². The van der Waals surface area contributed by atoms with Crippen LogP contribution in [0.5, 0.6) is 0 Å². The summed E-state index contributed by atoms with van der Waals surface area (Å²) in [6, 6.07) is 12.6. The third-order valence-electron chi connectivity index (χ3n) is 8.91. The Balaban J connectivity index is 1.57. The highest BCUT2D eigenvalue weighted by Gasteiger charge is 2.34. The van der Waals surface area contributed by atoms with Crippen LogP contribution < -0.4 is 27.4 Å². The van der Waals surface area contributed by atoms with E-state index in [1.165, 1.54) is 16.7 Å². The summed E-state index contributed by atoms with van der Waals surface area (Å²) in [6.07, 6.45) is 6.52. The zero-order chi connectivity index (χ0) is 35.6. The van der Waals surface area contributed by atoms with Crippen molar-refractivity contribution in [1.82, 2.24) is 30.8 Å². The summed E-state index contributed by atoms with van der Waals surface area (Å²) in [5, 5.41) is 11.9. The molecule has 0 unspecified atom stereocenters. The van der Waals surface area contributed by atoms with E-state index in [0.29, 0.717) is 77.3 Å². The molecule has 3 heterocycles. The Morgan fingerprint density at radius 3 is 2.50 bits per heavy atom. The molecule has 5 rings (SSSR count). The maximum Gasteiger partial charge on any atom is 0.245 e. The molecule has 0 aliphatic carbocycles. The third kappa shape index (κ3) is 9.36. The number of benzene rings is 2. The van der Waals surface area contributed by atoms with Crippen molar-refractivity contribution in [1.29, 1.82) is 0 Å². The van der Waals surface area contributed by atoms with E-state index in [1.807, 2.05) is 42.6 Å². The molecule has 11 nitrogen and oxygen atoms in total. The Morgan fingerprint density at radius 1 is 0.920 bits per heavy atom. The van der Waals surface area contributed by atoms with Gasteiger partial charge in [-0.1, -0.05) is 59.2 Å². The Labute approximate surface area is 306 Å². The summed E-state index contributed by atoms with van der Waals surface area (Å²) in [5.74, 6) is -1.05. The molecule has 266 valence electrons. The predicted molar refractivity (Wildman–Crippen MR) is 199 cm³/mol. The second-order valence-electron chi connectivity index (χ2n) is 12.4. The van der Waals surface area contributed by atoms with Crippen molar-refractivity contribution in [3.05, 3.63) is 87.7 Å². The van der Waals surface area contributed by atoms with Crippen molar-refractivity contribution in [2.75, 3.05) is 20.1 Å². The maximum absolute atomic E-state index is 14.4. The Morgan fingerprint density at radius 2 is 1.70 bits per heavy atom. The molecule has 0 radical (unpaired) electrons. The van der Waals surface area contributed by atoms with Gasteiger partial charge < -0.3 is 37.3 Å². The first-order valence-electron chi connectivity index (χ1n) is 16.8. The number of likely N-dealkylation sites (N-methyl/N-ethyl adjacent to an activating group) is 1. The van der Waals surface area contributed by atoms with Crippen molar-refractivity contribution >= 4 is 63.6 Å². The first kappa shape index (κ1) is 37.6. The largest absolute Gasteiger partial charge is 0.361 e. The number of nitrogens with one attached hydrogen (secondary N) is 4. The van der Waals surface area contributed by atoms with Crippen LogP contribution in [0.3, 0.4) is 0 Å². The number of nitrogens with zero attached hydrogens (tertiary/aromatic N) is 2. The minimum Gasteiger partial charge on any atom is -0.361 e. The van der Waals surface area contributed by atoms with Gasteiger partial charge in [0, 0.05) is 59.8 Å². The number of carbonyl (C=O) groups excluding carboxylic acids is 3. The molecule has 1 aliphatic heterocycles. The van der Waals surface area contributed by atoms with E-state index in [4.69, 9.17) is 34.7 Å². The highest BCUT2D eigenvalue weighted by atomic mass is 35.5. The molecule has 2 aromatic carbocycles. The molecule has 3 amide bonds. The van der Waals surface area contributed by atoms with Crippen LogP contribution in [0.15, 0.2) is 70.8 Å². The van der Waals surface area contributed by atoms with E-state index in [2.05, 4.69) is 25.9 Å². The number of halogens is 2. The number of H-pyrrole nitrogens is 1. The molecular weight excluding hydrogens is 695 g/mol. The second kappa shape index (κ2) is 18.0. The number of amides is 3. The van der Waals surface area contributed by atoms with Crippen LogP contribution in [-0.2, 0) is 33.9 Å². The maximum atomic E-state index is 14.4. The molecule has 4 aromatic rings. The number of hydrogen-bond acceptors (Lipinski definition) is 8. The van der Waals surface area contributed by atoms with Crippen molar-refractivity contribution in [2.45, 2.75) is 79.7 Å². The van der Waals surface area contributed by atoms with Crippen molar-refractivity contribution < 1.29 is 14.4 Å². The Bertz CT molecular complexity index is 1800. The smallest absolute Gasteiger partial charge is 0.245 e. The number of rotatable bonds is 9. The molecule has 0 saturated carbocycles. The van der Waals surface area contributed by atoms with Gasteiger partial charge in [0.25, 0.3) is 0 Å². The van der Waals surface area contributed by atoms with Gasteiger partial charge in [-0.3, -0.25) is 14.4 Å². The van der Waals surface area contributed by atoms with E-state index >= 15 is 0 Å². The lowest BCUT2D eigenvalue weighted by Gasteiger charge is -2.32. The number of nitrogens with two attached hydrogens (primary N) is 2. The zero-order valence-corrected chi connectivity index (χ0v) is 30.3. The van der Waals surface area contributed by atoms with Crippen LogP contribution in [0.2, 0.25) is 10.0 Å². The van der Waals surface area contributed by atoms with Crippen LogP contribution in [0.1, 0.15) is 48.8 Å². The van der Waals surface area contributed by atoms with E-state index in [-0.39, 0.29) is 30.7 Å². The van der Waals surface area contributed by atoms with Gasteiger partial charge >= 0.3 is 0 Å². The lowest BCUT2D eigenvalue weighted by Crippen LogP contribution is -2.57. The molecule has 8 N–H and O–H groups in total. The van der Waals surface area contributed by atoms with Gasteiger partial charge in [0.1, 0.15) is 17.1 Å². The highest BCUT2D eigenvalue weighted by Crippen LogP contribution is 2.38. The molecule has 1 aliphatic rings. The monoisotopic (exact) mass is 738 g/mol. The summed E-state index contributed by atoms with van der Waals surface area (Å²) in [4.78, 5) is 52.6. The van der Waals surface area contributed by atoms with Crippen LogP contribution >= 0.6 is 35.0 Å². The molecule has 0 fully saturated rings. The molecule has 0 bridgehead atoms. The molecule has 2 aromatic heterocycles. The lowest BCUT2D eigenvalue weighted by atomic mass is 10.0. The van der Waals surface area contributed by atoms with E-state index in [1.54, 1.807) is 25.4 Å². The first-order valence-corrected chi connectivity index (χ1v) is 18.4. The summed E-state index contributed by atoms with van der Waals surface area (Å²) in [5.41, 5.74) is 15.0. The number of fused-ring (bicyclic) bond motifs is 3. The quantitative estimate of drug-likeness (QED) is 0.136. The van der Waals surface area contributed by atoms with E-state index in [9.17, 15) is 14.4 Å². The second-order valence-corrected chi connectivity index (χ2v) is 14.2. The fourth-order valence-electron chi connectivity index (χ4n) is 6.12. The van der Waals surface area contributed by atoms with Gasteiger partial charge in [0.2, 0.25) is 17.7 Å². The SMILES string of the molecule is CN1C(=O)[C@H](CCCCN)NC(=O)[C@H](CCCN)NCc2cccnc2Sc2c(Cl)cc(Cl)cc2CNC(=O)[C@@H]1Cc1c[nH]c2ccccc12. The number of pyridine rings is 1. The molecule has 50 heavy (non-hydrogen) atoms. The molecule has 0 saturated heterocycles. The number of aromatic nitrogens is 2.